The van der Waals surface area contributed by atoms with Crippen molar-refractivity contribution in [2.45, 2.75) is 52.0 Å². The summed E-state index contributed by atoms with van der Waals surface area (Å²) in [7, 11) is 2.00. The zero-order valence-electron chi connectivity index (χ0n) is 25.9. The van der Waals surface area contributed by atoms with Crippen LogP contribution in [0.5, 0.6) is 5.75 Å². The second-order valence-electron chi connectivity index (χ2n) is 11.8. The summed E-state index contributed by atoms with van der Waals surface area (Å²) in [6.07, 6.45) is 5.87. The standard InChI is InChI=1S/C36H43N5O3/c1-3-31-33(30(39-40(31)2)24-37-19-11-22-41-20-6-7-21-41)29-16-9-15-27-28(35(36(42)43)38-34(27)29)17-10-23-44-32-18-8-13-25-12-4-5-14-26(25)32/h4-5,8-9,12-16,18,37-38H,3,6-7,10-11,17,19-24H2,1-2H3,(H,42,43). The fourth-order valence-electron chi connectivity index (χ4n) is 6.78. The number of hydrogen-bond donors (Lipinski definition) is 3. The molecule has 0 atom stereocenters. The van der Waals surface area contributed by atoms with Gasteiger partial charge in [0.05, 0.1) is 17.8 Å². The molecule has 6 rings (SSSR count). The van der Waals surface area contributed by atoms with Crippen LogP contribution in [-0.2, 0) is 26.4 Å². The van der Waals surface area contributed by atoms with Gasteiger partial charge in [-0.3, -0.25) is 4.68 Å². The SMILES string of the molecule is CCc1c(-c2cccc3c(CCCOc4cccc5ccccc45)c(C(=O)O)[nH]c23)c(CNCCCN2CCCC2)nn1C. The van der Waals surface area contributed by atoms with Gasteiger partial charge < -0.3 is 25.0 Å². The van der Waals surface area contributed by atoms with Gasteiger partial charge in [0.15, 0.2) is 0 Å². The molecule has 3 aromatic carbocycles. The van der Waals surface area contributed by atoms with Crippen molar-refractivity contribution in [3.05, 3.63) is 83.3 Å². The molecule has 0 aliphatic carbocycles. The first-order valence-corrected chi connectivity index (χ1v) is 16.0. The molecule has 1 aliphatic heterocycles. The first-order chi connectivity index (χ1) is 21.5. The van der Waals surface area contributed by atoms with Gasteiger partial charge >= 0.3 is 5.97 Å². The summed E-state index contributed by atoms with van der Waals surface area (Å²) in [6, 6.07) is 20.4. The zero-order chi connectivity index (χ0) is 30.5. The number of carboxylic acid groups (broad SMARTS) is 1. The lowest BCUT2D eigenvalue weighted by Gasteiger charge is -2.14. The lowest BCUT2D eigenvalue weighted by Crippen LogP contribution is -2.24. The summed E-state index contributed by atoms with van der Waals surface area (Å²) >= 11 is 0. The number of likely N-dealkylation sites (tertiary alicyclic amines) is 1. The molecule has 1 fully saturated rings. The van der Waals surface area contributed by atoms with Crippen molar-refractivity contribution in [2.75, 3.05) is 32.8 Å². The number of nitrogens with zero attached hydrogens (tertiary/aromatic N) is 3. The molecule has 2 aromatic heterocycles. The highest BCUT2D eigenvalue weighted by molar-refractivity contribution is 6.03. The first kappa shape index (κ1) is 29.9. The van der Waals surface area contributed by atoms with Crippen LogP contribution in [0, 0.1) is 0 Å². The van der Waals surface area contributed by atoms with Crippen molar-refractivity contribution in [3.8, 4) is 16.9 Å². The van der Waals surface area contributed by atoms with E-state index >= 15 is 0 Å². The molecule has 0 bridgehead atoms. The average molecular weight is 594 g/mol. The summed E-state index contributed by atoms with van der Waals surface area (Å²) in [6.45, 7) is 7.84. The lowest BCUT2D eigenvalue weighted by molar-refractivity contribution is 0.0690. The predicted molar refractivity (Wildman–Crippen MR) is 177 cm³/mol. The van der Waals surface area contributed by atoms with Gasteiger partial charge in [-0.25, -0.2) is 4.79 Å². The van der Waals surface area contributed by atoms with E-state index in [0.29, 0.717) is 26.0 Å². The Bertz CT molecular complexity index is 1740. The number of nitrogens with one attached hydrogen (secondary N) is 2. The fraction of sp³-hybridized carbons (Fsp3) is 0.389. The Balaban J connectivity index is 1.22. The van der Waals surface area contributed by atoms with E-state index < -0.39 is 5.97 Å². The maximum absolute atomic E-state index is 12.4. The number of rotatable bonds is 14. The fourth-order valence-corrected chi connectivity index (χ4v) is 6.78. The molecule has 3 N–H and O–H groups in total. The molecule has 8 heteroatoms. The maximum atomic E-state index is 12.4. The molecule has 1 saturated heterocycles. The van der Waals surface area contributed by atoms with Crippen molar-refractivity contribution in [1.82, 2.24) is 25.0 Å². The summed E-state index contributed by atoms with van der Waals surface area (Å²) in [5.41, 5.74) is 6.16. The molecule has 0 amide bonds. The van der Waals surface area contributed by atoms with E-state index in [2.05, 4.69) is 46.4 Å². The van der Waals surface area contributed by atoms with E-state index in [9.17, 15) is 9.90 Å². The maximum Gasteiger partial charge on any atom is 0.352 e. The van der Waals surface area contributed by atoms with Crippen molar-refractivity contribution >= 4 is 27.6 Å². The zero-order valence-corrected chi connectivity index (χ0v) is 25.9. The number of carboxylic acids is 1. The van der Waals surface area contributed by atoms with E-state index in [4.69, 9.17) is 9.84 Å². The first-order valence-electron chi connectivity index (χ1n) is 16.0. The Hall–Kier alpha value is -4.14. The summed E-state index contributed by atoms with van der Waals surface area (Å²) in [5.74, 6) is -0.0949. The third kappa shape index (κ3) is 6.23. The Morgan fingerprint density at radius 3 is 2.61 bits per heavy atom. The molecule has 5 aromatic rings. The molecule has 0 spiro atoms. The Morgan fingerprint density at radius 2 is 1.80 bits per heavy atom. The van der Waals surface area contributed by atoms with E-state index in [1.807, 2.05) is 48.1 Å². The van der Waals surface area contributed by atoms with Crippen LogP contribution in [-0.4, -0.2) is 63.5 Å². The largest absolute Gasteiger partial charge is 0.493 e. The van der Waals surface area contributed by atoms with E-state index in [1.165, 1.54) is 25.9 Å². The second-order valence-corrected chi connectivity index (χ2v) is 11.8. The number of ether oxygens (including phenoxy) is 1. The number of H-pyrrole nitrogens is 1. The van der Waals surface area contributed by atoms with E-state index in [-0.39, 0.29) is 5.69 Å². The van der Waals surface area contributed by atoms with Crippen LogP contribution in [0.3, 0.4) is 0 Å². The third-order valence-electron chi connectivity index (χ3n) is 8.90. The average Bonchev–Trinajstić information content (AvgIpc) is 3.76. The highest BCUT2D eigenvalue weighted by Crippen LogP contribution is 2.36. The molecular formula is C36H43N5O3. The minimum Gasteiger partial charge on any atom is -0.493 e. The van der Waals surface area contributed by atoms with Crippen LogP contribution in [0.4, 0.5) is 0 Å². The molecule has 230 valence electrons. The molecule has 0 radical (unpaired) electrons. The quantitative estimate of drug-likeness (QED) is 0.126. The number of aryl methyl sites for hydroxylation is 2. The van der Waals surface area contributed by atoms with Gasteiger partial charge in [0.2, 0.25) is 0 Å². The van der Waals surface area contributed by atoms with Crippen molar-refractivity contribution in [1.29, 1.82) is 0 Å². The van der Waals surface area contributed by atoms with Gasteiger partial charge in [0.25, 0.3) is 0 Å². The summed E-state index contributed by atoms with van der Waals surface area (Å²) in [5, 5.41) is 21.9. The smallest absolute Gasteiger partial charge is 0.352 e. The van der Waals surface area contributed by atoms with Gasteiger partial charge in [-0.1, -0.05) is 61.5 Å². The number of hydrogen-bond acceptors (Lipinski definition) is 5. The monoisotopic (exact) mass is 593 g/mol. The van der Waals surface area contributed by atoms with Crippen LogP contribution in [0.1, 0.15) is 60.0 Å². The van der Waals surface area contributed by atoms with Crippen molar-refractivity contribution in [2.24, 2.45) is 7.05 Å². The van der Waals surface area contributed by atoms with Crippen LogP contribution in [0.2, 0.25) is 0 Å². The highest BCUT2D eigenvalue weighted by Gasteiger charge is 2.23. The predicted octanol–water partition coefficient (Wildman–Crippen LogP) is 6.57. The van der Waals surface area contributed by atoms with Gasteiger partial charge in [-0.15, -0.1) is 0 Å². The molecule has 44 heavy (non-hydrogen) atoms. The van der Waals surface area contributed by atoms with Gasteiger partial charge in [-0.05, 0) is 81.7 Å². The lowest BCUT2D eigenvalue weighted by atomic mass is 9.97. The molecule has 0 unspecified atom stereocenters. The van der Waals surface area contributed by atoms with Crippen LogP contribution >= 0.6 is 0 Å². The van der Waals surface area contributed by atoms with Crippen molar-refractivity contribution in [3.63, 3.8) is 0 Å². The number of para-hydroxylation sites is 1. The normalized spacial score (nSPS) is 13.8. The van der Waals surface area contributed by atoms with Crippen LogP contribution < -0.4 is 10.1 Å². The number of aromatic carboxylic acids is 1. The highest BCUT2D eigenvalue weighted by atomic mass is 16.5. The van der Waals surface area contributed by atoms with Crippen molar-refractivity contribution < 1.29 is 14.6 Å². The van der Waals surface area contributed by atoms with Crippen LogP contribution in [0.25, 0.3) is 32.8 Å². The van der Waals surface area contributed by atoms with Gasteiger partial charge in [-0.2, -0.15) is 5.10 Å². The molecule has 1 aliphatic rings. The summed E-state index contributed by atoms with van der Waals surface area (Å²) < 4.78 is 8.15. The topological polar surface area (TPSA) is 95.4 Å². The third-order valence-corrected chi connectivity index (χ3v) is 8.90. The second kappa shape index (κ2) is 13.7. The minimum absolute atomic E-state index is 0.251. The molecule has 0 saturated carbocycles. The Kier molecular flexibility index (Phi) is 9.28. The molecule has 8 nitrogen and oxygen atoms in total. The number of carbonyl (C=O) groups is 1. The molecule has 3 heterocycles. The summed E-state index contributed by atoms with van der Waals surface area (Å²) in [4.78, 5) is 18.3. The number of aromatic nitrogens is 3. The number of aromatic amines is 1. The Labute approximate surface area is 259 Å². The molecular weight excluding hydrogens is 550 g/mol. The van der Waals surface area contributed by atoms with Crippen LogP contribution in [0.15, 0.2) is 60.7 Å². The minimum atomic E-state index is -0.945. The number of benzene rings is 3. The van der Waals surface area contributed by atoms with E-state index in [1.54, 1.807) is 0 Å². The van der Waals surface area contributed by atoms with Gasteiger partial charge in [0.1, 0.15) is 11.4 Å². The Morgan fingerprint density at radius 1 is 1.02 bits per heavy atom. The number of fused-ring (bicyclic) bond motifs is 2. The van der Waals surface area contributed by atoms with E-state index in [0.717, 1.165) is 81.4 Å². The van der Waals surface area contributed by atoms with Gasteiger partial charge in [0, 0.05) is 41.2 Å².